The third-order valence-electron chi connectivity index (χ3n) is 4.25. The summed E-state index contributed by atoms with van der Waals surface area (Å²) in [4.78, 5) is 8.98. The van der Waals surface area contributed by atoms with Crippen LogP contribution in [0.5, 0.6) is 0 Å². The van der Waals surface area contributed by atoms with Gasteiger partial charge in [0.15, 0.2) is 0 Å². The van der Waals surface area contributed by atoms with Crippen molar-refractivity contribution in [3.05, 3.63) is 59.4 Å². The van der Waals surface area contributed by atoms with Gasteiger partial charge in [0.05, 0.1) is 17.0 Å². The highest BCUT2D eigenvalue weighted by Crippen LogP contribution is 2.25. The summed E-state index contributed by atoms with van der Waals surface area (Å²) >= 11 is 1.48. The van der Waals surface area contributed by atoms with Crippen LogP contribution in [0.1, 0.15) is 17.0 Å². The molecule has 0 amide bonds. The minimum atomic E-state index is 0.486. The van der Waals surface area contributed by atoms with E-state index < -0.39 is 0 Å². The summed E-state index contributed by atoms with van der Waals surface area (Å²) in [6.07, 6.45) is 0. The van der Waals surface area contributed by atoms with Gasteiger partial charge in [-0.2, -0.15) is 4.68 Å². The molecule has 2 aromatic carbocycles. The molecule has 0 saturated carbocycles. The molecule has 4 aromatic rings. The molecule has 0 aliphatic rings. The zero-order valence-corrected chi connectivity index (χ0v) is 15.2. The van der Waals surface area contributed by atoms with E-state index >= 15 is 0 Å². The second-order valence-corrected chi connectivity index (χ2v) is 6.87. The molecule has 0 aliphatic carbocycles. The van der Waals surface area contributed by atoms with Crippen LogP contribution in [0, 0.1) is 13.8 Å². The molecule has 0 bridgehead atoms. The summed E-state index contributed by atoms with van der Waals surface area (Å²) < 4.78 is 1.75. The number of hydrogen-bond donors (Lipinski definition) is 1. The van der Waals surface area contributed by atoms with Crippen LogP contribution in [0.25, 0.3) is 16.6 Å². The minimum absolute atomic E-state index is 0.486. The number of fused-ring (bicyclic) bond motifs is 1. The topological polar surface area (TPSA) is 95.4 Å². The summed E-state index contributed by atoms with van der Waals surface area (Å²) in [5.41, 5.74) is 10.2. The average molecular weight is 363 g/mol. The number of para-hydroxylation sites is 1. The Labute approximate surface area is 154 Å². The van der Waals surface area contributed by atoms with Gasteiger partial charge in [0.25, 0.3) is 0 Å². The van der Waals surface area contributed by atoms with Crippen LogP contribution < -0.4 is 5.73 Å². The summed E-state index contributed by atoms with van der Waals surface area (Å²) in [5, 5.41) is 13.7. The average Bonchev–Trinajstić information content (AvgIpc) is 3.11. The lowest BCUT2D eigenvalue weighted by Gasteiger charge is -2.09. The number of thioether (sulfide) groups is 1. The van der Waals surface area contributed by atoms with Crippen LogP contribution in [0.2, 0.25) is 0 Å². The van der Waals surface area contributed by atoms with E-state index in [0.29, 0.717) is 22.6 Å². The largest absolute Gasteiger partial charge is 0.383 e. The molecule has 4 rings (SSSR count). The molecule has 2 heterocycles. The van der Waals surface area contributed by atoms with Crippen LogP contribution in [0.4, 0.5) is 5.82 Å². The van der Waals surface area contributed by atoms with Gasteiger partial charge in [-0.15, -0.1) is 5.10 Å². The van der Waals surface area contributed by atoms with E-state index in [-0.39, 0.29) is 0 Å². The maximum atomic E-state index is 6.06. The Bertz CT molecular complexity index is 1090. The van der Waals surface area contributed by atoms with Crippen molar-refractivity contribution in [2.24, 2.45) is 0 Å². The monoisotopic (exact) mass is 363 g/mol. The molecule has 26 heavy (non-hydrogen) atoms. The number of nitrogens with two attached hydrogens (primary N) is 1. The highest BCUT2D eigenvalue weighted by molar-refractivity contribution is 7.98. The Balaban J connectivity index is 1.62. The molecule has 0 spiro atoms. The number of benzene rings is 2. The van der Waals surface area contributed by atoms with Gasteiger partial charge in [0, 0.05) is 5.39 Å². The third kappa shape index (κ3) is 2.99. The van der Waals surface area contributed by atoms with Gasteiger partial charge in [-0.1, -0.05) is 36.0 Å². The van der Waals surface area contributed by atoms with Crippen molar-refractivity contribution in [1.82, 2.24) is 30.2 Å². The maximum Gasteiger partial charge on any atom is 0.214 e. The van der Waals surface area contributed by atoms with Crippen molar-refractivity contribution >= 4 is 28.5 Å². The minimum Gasteiger partial charge on any atom is -0.383 e. The van der Waals surface area contributed by atoms with Gasteiger partial charge < -0.3 is 5.73 Å². The van der Waals surface area contributed by atoms with Crippen molar-refractivity contribution in [3.8, 4) is 5.69 Å². The van der Waals surface area contributed by atoms with E-state index in [9.17, 15) is 0 Å². The SMILES string of the molecule is Cc1cccc(-n2nnnc2SCc2nc(N)c3ccccc3n2)c1C. The fourth-order valence-corrected chi connectivity index (χ4v) is 3.47. The zero-order valence-electron chi connectivity index (χ0n) is 14.4. The molecule has 0 atom stereocenters. The highest BCUT2D eigenvalue weighted by Gasteiger charge is 2.13. The molecule has 0 saturated heterocycles. The number of anilines is 1. The molecular formula is C18H17N7S. The molecule has 0 radical (unpaired) electrons. The first-order valence-electron chi connectivity index (χ1n) is 8.12. The van der Waals surface area contributed by atoms with E-state index in [1.54, 1.807) is 4.68 Å². The van der Waals surface area contributed by atoms with Crippen LogP contribution in [0.15, 0.2) is 47.6 Å². The first-order valence-corrected chi connectivity index (χ1v) is 9.11. The molecule has 7 nitrogen and oxygen atoms in total. The van der Waals surface area contributed by atoms with Gasteiger partial charge in [0.1, 0.15) is 11.6 Å². The second-order valence-electron chi connectivity index (χ2n) is 5.92. The number of tetrazole rings is 1. The number of hydrogen-bond acceptors (Lipinski definition) is 7. The zero-order chi connectivity index (χ0) is 18.1. The Morgan fingerprint density at radius 3 is 2.77 bits per heavy atom. The quantitative estimate of drug-likeness (QED) is 0.557. The van der Waals surface area contributed by atoms with Gasteiger partial charge >= 0.3 is 0 Å². The molecule has 2 N–H and O–H groups in total. The van der Waals surface area contributed by atoms with Crippen molar-refractivity contribution < 1.29 is 0 Å². The summed E-state index contributed by atoms with van der Waals surface area (Å²) in [6, 6.07) is 13.8. The number of nitrogen functional groups attached to an aromatic ring is 1. The van der Waals surface area contributed by atoms with Crippen LogP contribution in [0.3, 0.4) is 0 Å². The summed E-state index contributed by atoms with van der Waals surface area (Å²) in [6.45, 7) is 4.13. The molecule has 0 unspecified atom stereocenters. The lowest BCUT2D eigenvalue weighted by Crippen LogP contribution is -2.04. The third-order valence-corrected chi connectivity index (χ3v) is 5.17. The van der Waals surface area contributed by atoms with E-state index in [1.165, 1.54) is 17.3 Å². The van der Waals surface area contributed by atoms with Crippen LogP contribution >= 0.6 is 11.8 Å². The smallest absolute Gasteiger partial charge is 0.214 e. The Morgan fingerprint density at radius 2 is 1.88 bits per heavy atom. The highest BCUT2D eigenvalue weighted by atomic mass is 32.2. The van der Waals surface area contributed by atoms with E-state index in [0.717, 1.165) is 22.2 Å². The number of aryl methyl sites for hydroxylation is 1. The Morgan fingerprint density at radius 1 is 1.04 bits per heavy atom. The Kier molecular flexibility index (Phi) is 4.26. The first kappa shape index (κ1) is 16.5. The van der Waals surface area contributed by atoms with Gasteiger partial charge in [-0.3, -0.25) is 0 Å². The maximum absolute atomic E-state index is 6.06. The number of nitrogens with zero attached hydrogens (tertiary/aromatic N) is 6. The van der Waals surface area contributed by atoms with Gasteiger partial charge in [0.2, 0.25) is 5.16 Å². The lowest BCUT2D eigenvalue weighted by atomic mass is 10.1. The first-order chi connectivity index (χ1) is 12.6. The predicted molar refractivity (Wildman–Crippen MR) is 102 cm³/mol. The van der Waals surface area contributed by atoms with E-state index in [2.05, 4.69) is 45.4 Å². The summed E-state index contributed by atoms with van der Waals surface area (Å²) in [7, 11) is 0. The second kappa shape index (κ2) is 6.72. The van der Waals surface area contributed by atoms with Crippen molar-refractivity contribution in [1.29, 1.82) is 0 Å². The lowest BCUT2D eigenvalue weighted by molar-refractivity contribution is 0.750. The fourth-order valence-electron chi connectivity index (χ4n) is 2.73. The molecule has 0 aliphatic heterocycles. The van der Waals surface area contributed by atoms with Gasteiger partial charge in [-0.05, 0) is 53.6 Å². The molecule has 2 aromatic heterocycles. The van der Waals surface area contributed by atoms with Crippen LogP contribution in [-0.2, 0) is 5.75 Å². The van der Waals surface area contributed by atoms with Crippen LogP contribution in [-0.4, -0.2) is 30.2 Å². The van der Waals surface area contributed by atoms with E-state index in [4.69, 9.17) is 5.73 Å². The number of rotatable bonds is 4. The molecule has 0 fully saturated rings. The van der Waals surface area contributed by atoms with Gasteiger partial charge in [-0.25, -0.2) is 9.97 Å². The summed E-state index contributed by atoms with van der Waals surface area (Å²) in [5.74, 6) is 1.67. The molecular weight excluding hydrogens is 346 g/mol. The number of aromatic nitrogens is 6. The van der Waals surface area contributed by atoms with Crippen molar-refractivity contribution in [2.45, 2.75) is 24.8 Å². The predicted octanol–water partition coefficient (Wildman–Crippen LogP) is 3.10. The molecule has 130 valence electrons. The standard InChI is InChI=1S/C18H17N7S/c1-11-6-5-9-15(12(11)2)25-18(22-23-24-25)26-10-16-20-14-8-4-3-7-13(14)17(19)21-16/h3-9H,10H2,1-2H3,(H2,19,20,21). The fraction of sp³-hybridized carbons (Fsp3) is 0.167. The normalized spacial score (nSPS) is 11.2. The van der Waals surface area contributed by atoms with Crippen molar-refractivity contribution in [2.75, 3.05) is 5.73 Å². The van der Waals surface area contributed by atoms with E-state index in [1.807, 2.05) is 36.4 Å². The van der Waals surface area contributed by atoms with Crippen molar-refractivity contribution in [3.63, 3.8) is 0 Å². The molecule has 8 heteroatoms. The Hall–Kier alpha value is -3.00.